The van der Waals surface area contributed by atoms with E-state index in [4.69, 9.17) is 9.72 Å². The Hall–Kier alpha value is -3.07. The molecular weight excluding hydrogens is 400 g/mol. The number of hydrogen-bond donors (Lipinski definition) is 0. The summed E-state index contributed by atoms with van der Waals surface area (Å²) in [5.41, 5.74) is 3.39. The normalized spacial score (nSPS) is 16.0. The van der Waals surface area contributed by atoms with E-state index in [1.165, 1.54) is 0 Å². The van der Waals surface area contributed by atoms with Gasteiger partial charge in [0.2, 0.25) is 5.95 Å². The van der Waals surface area contributed by atoms with Crippen molar-refractivity contribution in [3.05, 3.63) is 46.7 Å². The van der Waals surface area contributed by atoms with Gasteiger partial charge in [-0.05, 0) is 49.0 Å². The van der Waals surface area contributed by atoms with Crippen LogP contribution in [0.3, 0.4) is 0 Å². The highest BCUT2D eigenvalue weighted by atomic mass is 32.1. The van der Waals surface area contributed by atoms with Crippen LogP contribution < -0.4 is 9.64 Å². The molecule has 0 unspecified atom stereocenters. The van der Waals surface area contributed by atoms with Gasteiger partial charge in [-0.25, -0.2) is 9.97 Å². The second-order valence-corrected chi connectivity index (χ2v) is 8.19. The first-order valence-corrected chi connectivity index (χ1v) is 10.6. The Labute approximate surface area is 179 Å². The number of carbonyl (C=O) groups is 1. The third-order valence-electron chi connectivity index (χ3n) is 5.26. The van der Waals surface area contributed by atoms with Crippen LogP contribution in [0.15, 0.2) is 30.5 Å². The molecule has 0 N–H and O–H groups in total. The maximum Gasteiger partial charge on any atom is 0.268 e. The van der Waals surface area contributed by atoms with Crippen molar-refractivity contribution in [3.8, 4) is 16.9 Å². The van der Waals surface area contributed by atoms with Gasteiger partial charge in [-0.2, -0.15) is 0 Å². The molecule has 30 heavy (non-hydrogen) atoms. The molecular formula is C21H24N6O2S. The van der Waals surface area contributed by atoms with Crippen molar-refractivity contribution in [1.82, 2.24) is 24.5 Å². The van der Waals surface area contributed by atoms with Crippen LogP contribution in [-0.4, -0.2) is 58.1 Å². The second kappa shape index (κ2) is 8.35. The fourth-order valence-electron chi connectivity index (χ4n) is 3.72. The van der Waals surface area contributed by atoms with Crippen LogP contribution in [0.2, 0.25) is 0 Å². The standard InChI is InChI=1S/C21H24N6O2S/c1-13-19(30-25-24-13)20(28)27-10-6-9-17(27)18-16(12-22-21(23-18)26(2)3)14-7-5-8-15(11-14)29-4/h5,7-8,11-12,17H,6,9-10H2,1-4H3/t17-/m0/s1. The molecule has 1 aromatic carbocycles. The zero-order chi connectivity index (χ0) is 21.3. The Bertz CT molecular complexity index is 1070. The van der Waals surface area contributed by atoms with Crippen molar-refractivity contribution in [2.45, 2.75) is 25.8 Å². The number of likely N-dealkylation sites (tertiary alicyclic amines) is 1. The van der Waals surface area contributed by atoms with Crippen LogP contribution in [0.1, 0.15) is 39.9 Å². The first kappa shape index (κ1) is 20.2. The van der Waals surface area contributed by atoms with E-state index in [0.29, 0.717) is 23.1 Å². The second-order valence-electron chi connectivity index (χ2n) is 7.44. The molecule has 0 aliphatic carbocycles. The van der Waals surface area contributed by atoms with E-state index in [-0.39, 0.29) is 11.9 Å². The zero-order valence-corrected chi connectivity index (χ0v) is 18.3. The molecule has 1 aliphatic rings. The Morgan fingerprint density at radius 3 is 2.87 bits per heavy atom. The Morgan fingerprint density at radius 1 is 1.33 bits per heavy atom. The molecule has 9 heteroatoms. The number of methoxy groups -OCH3 is 1. The van der Waals surface area contributed by atoms with Crippen LogP contribution in [-0.2, 0) is 0 Å². The lowest BCUT2D eigenvalue weighted by Gasteiger charge is -2.26. The van der Waals surface area contributed by atoms with Crippen LogP contribution in [0.5, 0.6) is 5.75 Å². The molecule has 3 heterocycles. The largest absolute Gasteiger partial charge is 0.497 e. The maximum atomic E-state index is 13.3. The predicted molar refractivity (Wildman–Crippen MR) is 116 cm³/mol. The highest BCUT2D eigenvalue weighted by Gasteiger charge is 2.35. The Kier molecular flexibility index (Phi) is 5.63. The number of aryl methyl sites for hydroxylation is 1. The van der Waals surface area contributed by atoms with E-state index < -0.39 is 0 Å². The minimum Gasteiger partial charge on any atom is -0.497 e. The summed E-state index contributed by atoms with van der Waals surface area (Å²) in [5.74, 6) is 1.35. The zero-order valence-electron chi connectivity index (χ0n) is 17.5. The molecule has 1 fully saturated rings. The highest BCUT2D eigenvalue weighted by molar-refractivity contribution is 7.07. The number of ether oxygens (including phenoxy) is 1. The summed E-state index contributed by atoms with van der Waals surface area (Å²) in [6.07, 6.45) is 3.60. The monoisotopic (exact) mass is 424 g/mol. The van der Waals surface area contributed by atoms with E-state index in [0.717, 1.165) is 46.9 Å². The molecule has 0 saturated carbocycles. The van der Waals surface area contributed by atoms with Gasteiger partial charge in [-0.3, -0.25) is 4.79 Å². The van der Waals surface area contributed by atoms with Crippen molar-refractivity contribution in [3.63, 3.8) is 0 Å². The van der Waals surface area contributed by atoms with E-state index in [1.54, 1.807) is 7.11 Å². The molecule has 3 aromatic rings. The summed E-state index contributed by atoms with van der Waals surface area (Å²) >= 11 is 1.15. The minimum atomic E-state index is -0.137. The van der Waals surface area contributed by atoms with Crippen molar-refractivity contribution in [2.24, 2.45) is 0 Å². The molecule has 156 valence electrons. The molecule has 1 saturated heterocycles. The average molecular weight is 425 g/mol. The van der Waals surface area contributed by atoms with Crippen molar-refractivity contribution in [2.75, 3.05) is 32.6 Å². The first-order chi connectivity index (χ1) is 14.5. The smallest absolute Gasteiger partial charge is 0.268 e. The van der Waals surface area contributed by atoms with Gasteiger partial charge in [-0.1, -0.05) is 16.6 Å². The van der Waals surface area contributed by atoms with Crippen molar-refractivity contribution >= 4 is 23.4 Å². The topological polar surface area (TPSA) is 84.3 Å². The number of anilines is 1. The molecule has 1 amide bonds. The summed E-state index contributed by atoms with van der Waals surface area (Å²) in [6.45, 7) is 2.50. The lowest BCUT2D eigenvalue weighted by atomic mass is 9.99. The number of rotatable bonds is 5. The Morgan fingerprint density at radius 2 is 2.17 bits per heavy atom. The van der Waals surface area contributed by atoms with E-state index in [9.17, 15) is 4.79 Å². The van der Waals surface area contributed by atoms with Crippen LogP contribution in [0, 0.1) is 6.92 Å². The molecule has 1 atom stereocenters. The van der Waals surface area contributed by atoms with Gasteiger partial charge in [0.1, 0.15) is 10.6 Å². The summed E-state index contributed by atoms with van der Waals surface area (Å²) < 4.78 is 9.33. The van der Waals surface area contributed by atoms with E-state index >= 15 is 0 Å². The highest BCUT2D eigenvalue weighted by Crippen LogP contribution is 2.38. The van der Waals surface area contributed by atoms with Crippen LogP contribution >= 0.6 is 11.5 Å². The fraction of sp³-hybridized carbons (Fsp3) is 0.381. The van der Waals surface area contributed by atoms with Gasteiger partial charge in [0.15, 0.2) is 0 Å². The van der Waals surface area contributed by atoms with Crippen molar-refractivity contribution in [1.29, 1.82) is 0 Å². The maximum absolute atomic E-state index is 13.3. The Balaban J connectivity index is 1.80. The predicted octanol–water partition coefficient (Wildman–Crippen LogP) is 3.36. The first-order valence-electron chi connectivity index (χ1n) is 9.78. The molecule has 2 aromatic heterocycles. The van der Waals surface area contributed by atoms with E-state index in [1.807, 2.05) is 61.3 Å². The fourth-order valence-corrected chi connectivity index (χ4v) is 4.33. The SMILES string of the molecule is COc1cccc(-c2cnc(N(C)C)nc2[C@@H]2CCCN2C(=O)c2snnc2C)c1. The molecule has 4 rings (SSSR count). The third-order valence-corrected chi connectivity index (χ3v) is 6.08. The third kappa shape index (κ3) is 3.72. The summed E-state index contributed by atoms with van der Waals surface area (Å²) in [6, 6.07) is 7.70. The van der Waals surface area contributed by atoms with Crippen molar-refractivity contribution < 1.29 is 9.53 Å². The molecule has 8 nitrogen and oxygen atoms in total. The molecule has 1 aliphatic heterocycles. The molecule has 0 bridgehead atoms. The number of amides is 1. The molecule has 0 radical (unpaired) electrons. The minimum absolute atomic E-state index is 0.0355. The van der Waals surface area contributed by atoms with Gasteiger partial charge in [0.05, 0.1) is 24.5 Å². The lowest BCUT2D eigenvalue weighted by Crippen LogP contribution is -2.31. The van der Waals surface area contributed by atoms with Gasteiger partial charge in [0, 0.05) is 32.4 Å². The molecule has 0 spiro atoms. The lowest BCUT2D eigenvalue weighted by molar-refractivity contribution is 0.0737. The summed E-state index contributed by atoms with van der Waals surface area (Å²) in [4.78, 5) is 27.0. The average Bonchev–Trinajstić information content (AvgIpc) is 3.42. The number of carbonyl (C=O) groups excluding carboxylic acids is 1. The van der Waals surface area contributed by atoms with Gasteiger partial charge >= 0.3 is 0 Å². The number of aromatic nitrogens is 4. The number of nitrogens with zero attached hydrogens (tertiary/aromatic N) is 6. The van der Waals surface area contributed by atoms with Gasteiger partial charge < -0.3 is 14.5 Å². The van der Waals surface area contributed by atoms with Gasteiger partial charge in [0.25, 0.3) is 5.91 Å². The summed E-state index contributed by atoms with van der Waals surface area (Å²) in [7, 11) is 5.47. The van der Waals surface area contributed by atoms with Crippen LogP contribution in [0.4, 0.5) is 5.95 Å². The summed E-state index contributed by atoms with van der Waals surface area (Å²) in [5, 5.41) is 4.00. The van der Waals surface area contributed by atoms with E-state index in [2.05, 4.69) is 14.6 Å². The van der Waals surface area contributed by atoms with Crippen LogP contribution in [0.25, 0.3) is 11.1 Å². The quantitative estimate of drug-likeness (QED) is 0.621. The van der Waals surface area contributed by atoms with Gasteiger partial charge in [-0.15, -0.1) is 5.10 Å². The number of hydrogen-bond acceptors (Lipinski definition) is 8. The number of benzene rings is 1.